The van der Waals surface area contributed by atoms with Crippen molar-refractivity contribution < 1.29 is 17.6 Å². The second-order valence-corrected chi connectivity index (χ2v) is 9.19. The molecule has 2 rings (SSSR count). The van der Waals surface area contributed by atoms with Crippen LogP contribution in [0.4, 0.5) is 9.18 Å². The van der Waals surface area contributed by atoms with E-state index in [0.717, 1.165) is 6.07 Å². The summed E-state index contributed by atoms with van der Waals surface area (Å²) in [6, 6.07) is 5.36. The number of hydrogen-bond donors (Lipinski definition) is 1. The summed E-state index contributed by atoms with van der Waals surface area (Å²) in [5.74, 6) is -0.371. The first-order valence-electron chi connectivity index (χ1n) is 9.08. The minimum Gasteiger partial charge on any atom is -0.336 e. The van der Waals surface area contributed by atoms with Crippen molar-refractivity contribution in [3.8, 4) is 0 Å². The normalized spacial score (nSPS) is 17.4. The molecule has 152 valence electrons. The van der Waals surface area contributed by atoms with Crippen LogP contribution < -0.4 is 5.32 Å². The van der Waals surface area contributed by atoms with Crippen LogP contribution in [0.15, 0.2) is 29.2 Å². The molecule has 1 aromatic carbocycles. The van der Waals surface area contributed by atoms with Crippen LogP contribution in [0.2, 0.25) is 0 Å². The molecule has 0 spiro atoms. The van der Waals surface area contributed by atoms with Crippen LogP contribution in [0.3, 0.4) is 0 Å². The van der Waals surface area contributed by atoms with Gasteiger partial charge in [-0.05, 0) is 32.1 Å². The number of benzene rings is 1. The van der Waals surface area contributed by atoms with Gasteiger partial charge in [0.15, 0.2) is 0 Å². The lowest BCUT2D eigenvalue weighted by atomic mass is 10.0. The number of nitrogens with zero attached hydrogens (tertiary/aromatic N) is 3. The number of sulfonamides is 1. The van der Waals surface area contributed by atoms with E-state index in [1.807, 2.05) is 14.1 Å². The Morgan fingerprint density at radius 1 is 1.19 bits per heavy atom. The van der Waals surface area contributed by atoms with E-state index in [2.05, 4.69) is 24.1 Å². The number of amides is 2. The molecule has 0 saturated carbocycles. The molecule has 0 bridgehead atoms. The molecule has 1 unspecified atom stereocenters. The molecule has 1 fully saturated rings. The second-order valence-electron chi connectivity index (χ2n) is 7.28. The molecule has 0 radical (unpaired) electrons. The van der Waals surface area contributed by atoms with Crippen LogP contribution in [-0.2, 0) is 10.0 Å². The summed E-state index contributed by atoms with van der Waals surface area (Å²) in [4.78, 5) is 15.7. The van der Waals surface area contributed by atoms with Crippen molar-refractivity contribution in [3.05, 3.63) is 30.1 Å². The van der Waals surface area contributed by atoms with Gasteiger partial charge in [0.2, 0.25) is 10.0 Å². The summed E-state index contributed by atoms with van der Waals surface area (Å²) < 4.78 is 40.3. The quantitative estimate of drug-likeness (QED) is 0.784. The summed E-state index contributed by atoms with van der Waals surface area (Å²) >= 11 is 0. The lowest BCUT2D eigenvalue weighted by molar-refractivity contribution is 0.164. The van der Waals surface area contributed by atoms with Crippen molar-refractivity contribution in [1.82, 2.24) is 19.4 Å². The Morgan fingerprint density at radius 3 is 2.30 bits per heavy atom. The van der Waals surface area contributed by atoms with E-state index in [9.17, 15) is 17.6 Å². The molecular formula is C18H29FN4O3S. The number of carbonyl (C=O) groups excluding carboxylic acids is 1. The van der Waals surface area contributed by atoms with Gasteiger partial charge < -0.3 is 15.1 Å². The molecule has 0 aliphatic carbocycles. The molecule has 0 aromatic heterocycles. The first kappa shape index (κ1) is 21.6. The topological polar surface area (TPSA) is 73.0 Å². The maximum Gasteiger partial charge on any atom is 0.317 e. The lowest BCUT2D eigenvalue weighted by Gasteiger charge is -2.35. The molecule has 1 N–H and O–H groups in total. The summed E-state index contributed by atoms with van der Waals surface area (Å²) in [5, 5.41) is 2.93. The van der Waals surface area contributed by atoms with Crippen molar-refractivity contribution in [2.75, 3.05) is 46.8 Å². The molecule has 1 aliphatic heterocycles. The number of rotatable bonds is 6. The van der Waals surface area contributed by atoms with Gasteiger partial charge in [-0.2, -0.15) is 4.31 Å². The molecule has 1 atom stereocenters. The highest BCUT2D eigenvalue weighted by Crippen LogP contribution is 2.20. The minimum atomic E-state index is -3.90. The molecule has 1 heterocycles. The first-order valence-corrected chi connectivity index (χ1v) is 10.5. The standard InChI is InChI=1S/C18H29FN4O3S/c1-14(2)16(21(3)4)13-20-18(24)22-9-11-23(12-10-22)27(25,26)17-8-6-5-7-15(17)19/h5-8,14,16H,9-13H2,1-4H3,(H,20,24). The Balaban J connectivity index is 1.93. The van der Waals surface area contributed by atoms with Crippen LogP contribution in [0, 0.1) is 11.7 Å². The van der Waals surface area contributed by atoms with Gasteiger partial charge in [0, 0.05) is 38.8 Å². The molecule has 2 amide bonds. The van der Waals surface area contributed by atoms with Crippen molar-refractivity contribution in [1.29, 1.82) is 0 Å². The average molecular weight is 401 g/mol. The number of likely N-dealkylation sites (N-methyl/N-ethyl adjacent to an activating group) is 1. The predicted octanol–water partition coefficient (Wildman–Crippen LogP) is 1.43. The third kappa shape index (κ3) is 5.18. The zero-order valence-corrected chi connectivity index (χ0v) is 17.2. The van der Waals surface area contributed by atoms with Crippen LogP contribution >= 0.6 is 0 Å². The van der Waals surface area contributed by atoms with Crippen LogP contribution in [0.5, 0.6) is 0 Å². The Bertz CT molecular complexity index is 739. The zero-order valence-electron chi connectivity index (χ0n) is 16.4. The lowest BCUT2D eigenvalue weighted by Crippen LogP contribution is -2.54. The van der Waals surface area contributed by atoms with Crippen molar-refractivity contribution in [2.24, 2.45) is 5.92 Å². The van der Waals surface area contributed by atoms with Gasteiger partial charge in [0.05, 0.1) is 0 Å². The monoisotopic (exact) mass is 400 g/mol. The van der Waals surface area contributed by atoms with Crippen LogP contribution in [0.25, 0.3) is 0 Å². The number of hydrogen-bond acceptors (Lipinski definition) is 4. The third-order valence-electron chi connectivity index (χ3n) is 4.88. The average Bonchev–Trinajstić information content (AvgIpc) is 2.61. The highest BCUT2D eigenvalue weighted by atomic mass is 32.2. The van der Waals surface area contributed by atoms with Gasteiger partial charge in [-0.1, -0.05) is 26.0 Å². The SMILES string of the molecule is CC(C)C(CNC(=O)N1CCN(S(=O)(=O)c2ccccc2F)CC1)N(C)C. The zero-order chi connectivity index (χ0) is 20.2. The van der Waals surface area contributed by atoms with E-state index < -0.39 is 15.8 Å². The van der Waals surface area contributed by atoms with Gasteiger partial charge in [-0.15, -0.1) is 0 Å². The van der Waals surface area contributed by atoms with E-state index in [4.69, 9.17) is 0 Å². The summed E-state index contributed by atoms with van der Waals surface area (Å²) in [6.07, 6.45) is 0. The fourth-order valence-electron chi connectivity index (χ4n) is 3.24. The first-order chi connectivity index (χ1) is 12.6. The minimum absolute atomic E-state index is 0.144. The Hall–Kier alpha value is -1.71. The number of nitrogens with one attached hydrogen (secondary N) is 1. The molecule has 7 nitrogen and oxygen atoms in total. The third-order valence-corrected chi connectivity index (χ3v) is 6.81. The van der Waals surface area contributed by atoms with E-state index >= 15 is 0 Å². The molecular weight excluding hydrogens is 371 g/mol. The van der Waals surface area contributed by atoms with Crippen molar-refractivity contribution >= 4 is 16.1 Å². The summed E-state index contributed by atoms with van der Waals surface area (Å²) in [7, 11) is 0.0540. The van der Waals surface area contributed by atoms with Gasteiger partial charge >= 0.3 is 6.03 Å². The number of urea groups is 1. The van der Waals surface area contributed by atoms with Crippen molar-refractivity contribution in [2.45, 2.75) is 24.8 Å². The Kier molecular flexibility index (Phi) is 7.19. The fraction of sp³-hybridized carbons (Fsp3) is 0.611. The largest absolute Gasteiger partial charge is 0.336 e. The van der Waals surface area contributed by atoms with Crippen LogP contribution in [0.1, 0.15) is 13.8 Å². The predicted molar refractivity (Wildman–Crippen MR) is 102 cm³/mol. The molecule has 27 heavy (non-hydrogen) atoms. The molecule has 1 saturated heterocycles. The highest BCUT2D eigenvalue weighted by Gasteiger charge is 2.32. The van der Waals surface area contributed by atoms with Crippen molar-refractivity contribution in [3.63, 3.8) is 0 Å². The van der Waals surface area contributed by atoms with E-state index in [1.54, 1.807) is 4.90 Å². The van der Waals surface area contributed by atoms with E-state index in [0.29, 0.717) is 12.5 Å². The van der Waals surface area contributed by atoms with Gasteiger partial charge in [-0.25, -0.2) is 17.6 Å². The maximum absolute atomic E-state index is 13.9. The van der Waals surface area contributed by atoms with Gasteiger partial charge in [0.25, 0.3) is 0 Å². The fourth-order valence-corrected chi connectivity index (χ4v) is 4.73. The number of piperazine rings is 1. The maximum atomic E-state index is 13.9. The van der Waals surface area contributed by atoms with Gasteiger partial charge in [0.1, 0.15) is 10.7 Å². The molecule has 9 heteroatoms. The Labute approximate surface area is 161 Å². The number of carbonyl (C=O) groups is 1. The number of halogens is 1. The summed E-state index contributed by atoms with van der Waals surface area (Å²) in [6.45, 7) is 5.56. The van der Waals surface area contributed by atoms with Crippen LogP contribution in [-0.4, -0.2) is 81.4 Å². The molecule has 1 aromatic rings. The second kappa shape index (κ2) is 8.99. The smallest absolute Gasteiger partial charge is 0.317 e. The van der Waals surface area contributed by atoms with Gasteiger partial charge in [-0.3, -0.25) is 0 Å². The highest BCUT2D eigenvalue weighted by molar-refractivity contribution is 7.89. The summed E-state index contributed by atoms with van der Waals surface area (Å²) in [5.41, 5.74) is 0. The Morgan fingerprint density at radius 2 is 1.78 bits per heavy atom. The molecule has 1 aliphatic rings. The van der Waals surface area contributed by atoms with E-state index in [1.165, 1.54) is 22.5 Å². The van der Waals surface area contributed by atoms with E-state index in [-0.39, 0.29) is 43.1 Å².